The summed E-state index contributed by atoms with van der Waals surface area (Å²) in [4.78, 5) is 11.5. The zero-order valence-corrected chi connectivity index (χ0v) is 12.0. The van der Waals surface area contributed by atoms with Gasteiger partial charge in [0.15, 0.2) is 0 Å². The van der Waals surface area contributed by atoms with Crippen molar-refractivity contribution in [3.63, 3.8) is 0 Å². The van der Waals surface area contributed by atoms with Gasteiger partial charge in [0.05, 0.1) is 11.3 Å². The summed E-state index contributed by atoms with van der Waals surface area (Å²) in [5, 5.41) is 21.1. The fraction of sp³-hybridized carbons (Fsp3) is 0.429. The first kappa shape index (κ1) is 15.4. The minimum Gasteiger partial charge on any atom is -0.481 e. The fourth-order valence-corrected chi connectivity index (χ4v) is 2.51. The number of thioether (sulfide) groups is 1. The predicted octanol–water partition coefficient (Wildman–Crippen LogP) is 3.34. The molecule has 102 valence electrons. The second kappa shape index (κ2) is 7.70. The molecule has 1 aromatic carbocycles. The molecular weight excluding hydrogens is 260 g/mol. The summed E-state index contributed by atoms with van der Waals surface area (Å²) in [7, 11) is 0. The highest BCUT2D eigenvalue weighted by Gasteiger charge is 2.11. The van der Waals surface area contributed by atoms with E-state index < -0.39 is 5.97 Å². The van der Waals surface area contributed by atoms with Crippen LogP contribution in [0.2, 0.25) is 0 Å². The first-order chi connectivity index (χ1) is 9.08. The Kier molecular flexibility index (Phi) is 6.23. The van der Waals surface area contributed by atoms with Gasteiger partial charge in [0.1, 0.15) is 6.07 Å². The Balaban J connectivity index is 2.80. The molecule has 0 aliphatic carbocycles. The standard InChI is InChI=1S/C14H18N2O2S/c1-3-19-13-6-4-5-12(11(13)9-15)16-10(2)7-8-14(17)18/h4-6,10,16H,3,7-8H2,1-2H3,(H,17,18). The van der Waals surface area contributed by atoms with Crippen molar-refractivity contribution in [1.29, 1.82) is 5.26 Å². The third-order valence-corrected chi connectivity index (χ3v) is 3.57. The van der Waals surface area contributed by atoms with Gasteiger partial charge in [-0.05, 0) is 31.2 Å². The lowest BCUT2D eigenvalue weighted by atomic mass is 10.1. The number of nitrogens with one attached hydrogen (secondary N) is 1. The average molecular weight is 278 g/mol. The highest BCUT2D eigenvalue weighted by atomic mass is 32.2. The van der Waals surface area contributed by atoms with Crippen LogP contribution in [0.1, 0.15) is 32.3 Å². The number of benzene rings is 1. The van der Waals surface area contributed by atoms with E-state index in [1.165, 1.54) is 0 Å². The number of aliphatic carboxylic acids is 1. The predicted molar refractivity (Wildman–Crippen MR) is 77.5 cm³/mol. The molecule has 5 heteroatoms. The molecule has 0 saturated carbocycles. The number of carbonyl (C=O) groups is 1. The van der Waals surface area contributed by atoms with E-state index in [0.717, 1.165) is 16.3 Å². The molecule has 1 unspecified atom stereocenters. The molecule has 1 atom stereocenters. The van der Waals surface area contributed by atoms with Crippen LogP contribution in [0.3, 0.4) is 0 Å². The van der Waals surface area contributed by atoms with E-state index in [2.05, 4.69) is 11.4 Å². The summed E-state index contributed by atoms with van der Waals surface area (Å²) in [5.41, 5.74) is 1.41. The lowest BCUT2D eigenvalue weighted by molar-refractivity contribution is -0.137. The third-order valence-electron chi connectivity index (χ3n) is 2.63. The van der Waals surface area contributed by atoms with Crippen LogP contribution in [0.25, 0.3) is 0 Å². The minimum atomic E-state index is -0.801. The monoisotopic (exact) mass is 278 g/mol. The van der Waals surface area contributed by atoms with Gasteiger partial charge in [-0.25, -0.2) is 0 Å². The van der Waals surface area contributed by atoms with Crippen molar-refractivity contribution >= 4 is 23.4 Å². The maximum Gasteiger partial charge on any atom is 0.303 e. The number of carboxylic acids is 1. The molecule has 0 heterocycles. The van der Waals surface area contributed by atoms with Gasteiger partial charge in [-0.1, -0.05) is 13.0 Å². The summed E-state index contributed by atoms with van der Waals surface area (Å²) in [6, 6.07) is 7.93. The maximum absolute atomic E-state index is 10.5. The number of hydrogen-bond donors (Lipinski definition) is 2. The van der Waals surface area contributed by atoms with E-state index in [0.29, 0.717) is 12.0 Å². The van der Waals surface area contributed by atoms with Crippen LogP contribution < -0.4 is 5.32 Å². The number of nitrogens with zero attached hydrogens (tertiary/aromatic N) is 1. The molecule has 0 aromatic heterocycles. The van der Waals surface area contributed by atoms with Crippen molar-refractivity contribution in [3.8, 4) is 6.07 Å². The zero-order chi connectivity index (χ0) is 14.3. The van der Waals surface area contributed by atoms with Crippen molar-refractivity contribution in [3.05, 3.63) is 23.8 Å². The number of anilines is 1. The second-order valence-corrected chi connectivity index (χ2v) is 5.51. The van der Waals surface area contributed by atoms with Crippen molar-refractivity contribution in [2.45, 2.75) is 37.6 Å². The summed E-state index contributed by atoms with van der Waals surface area (Å²) in [6.07, 6.45) is 0.658. The molecule has 0 fully saturated rings. The summed E-state index contributed by atoms with van der Waals surface area (Å²) in [6.45, 7) is 3.96. The number of carboxylic acid groups (broad SMARTS) is 1. The largest absolute Gasteiger partial charge is 0.481 e. The minimum absolute atomic E-state index is 0.0186. The van der Waals surface area contributed by atoms with Crippen molar-refractivity contribution < 1.29 is 9.90 Å². The molecule has 4 nitrogen and oxygen atoms in total. The Hall–Kier alpha value is -1.67. The Morgan fingerprint density at radius 1 is 1.58 bits per heavy atom. The Labute approximate surface area is 117 Å². The van der Waals surface area contributed by atoms with Crippen LogP contribution in [0, 0.1) is 11.3 Å². The van der Waals surface area contributed by atoms with Gasteiger partial charge in [0.2, 0.25) is 0 Å². The van der Waals surface area contributed by atoms with E-state index in [9.17, 15) is 10.1 Å². The number of rotatable bonds is 7. The van der Waals surface area contributed by atoms with Crippen molar-refractivity contribution in [2.75, 3.05) is 11.1 Å². The summed E-state index contributed by atoms with van der Waals surface area (Å²) in [5.74, 6) is 0.108. The van der Waals surface area contributed by atoms with Gasteiger partial charge in [0, 0.05) is 17.4 Å². The molecule has 0 radical (unpaired) electrons. The first-order valence-corrected chi connectivity index (χ1v) is 7.21. The van der Waals surface area contributed by atoms with E-state index >= 15 is 0 Å². The average Bonchev–Trinajstić information content (AvgIpc) is 2.37. The van der Waals surface area contributed by atoms with E-state index in [1.54, 1.807) is 11.8 Å². The van der Waals surface area contributed by atoms with Gasteiger partial charge in [-0.2, -0.15) is 5.26 Å². The molecule has 19 heavy (non-hydrogen) atoms. The molecule has 1 rings (SSSR count). The molecule has 0 aliphatic rings. The van der Waals surface area contributed by atoms with Crippen LogP contribution in [-0.4, -0.2) is 22.9 Å². The summed E-state index contributed by atoms with van der Waals surface area (Å²) >= 11 is 1.63. The molecule has 0 saturated heterocycles. The van der Waals surface area contributed by atoms with Gasteiger partial charge in [0.25, 0.3) is 0 Å². The SMILES string of the molecule is CCSc1cccc(NC(C)CCC(=O)O)c1C#N. The van der Waals surface area contributed by atoms with Gasteiger partial charge in [-0.15, -0.1) is 11.8 Å². The molecule has 0 spiro atoms. The van der Waals surface area contributed by atoms with Crippen LogP contribution in [0.4, 0.5) is 5.69 Å². The molecule has 0 bridgehead atoms. The molecule has 0 aliphatic heterocycles. The second-order valence-electron chi connectivity index (χ2n) is 4.20. The zero-order valence-electron chi connectivity index (χ0n) is 11.1. The fourth-order valence-electron chi connectivity index (χ4n) is 1.72. The lowest BCUT2D eigenvalue weighted by Gasteiger charge is -2.16. The smallest absolute Gasteiger partial charge is 0.303 e. The van der Waals surface area contributed by atoms with E-state index in [-0.39, 0.29) is 12.5 Å². The number of nitriles is 1. The molecule has 0 amide bonds. The van der Waals surface area contributed by atoms with Gasteiger partial charge in [-0.3, -0.25) is 4.79 Å². The van der Waals surface area contributed by atoms with Gasteiger partial charge < -0.3 is 10.4 Å². The third kappa shape index (κ3) is 4.84. The van der Waals surface area contributed by atoms with Crippen molar-refractivity contribution in [1.82, 2.24) is 0 Å². The van der Waals surface area contributed by atoms with Crippen LogP contribution in [0.15, 0.2) is 23.1 Å². The van der Waals surface area contributed by atoms with Crippen LogP contribution in [0.5, 0.6) is 0 Å². The van der Waals surface area contributed by atoms with Gasteiger partial charge >= 0.3 is 5.97 Å². The quantitative estimate of drug-likeness (QED) is 0.748. The highest BCUT2D eigenvalue weighted by Crippen LogP contribution is 2.28. The Morgan fingerprint density at radius 2 is 2.32 bits per heavy atom. The van der Waals surface area contributed by atoms with Crippen LogP contribution in [-0.2, 0) is 4.79 Å². The maximum atomic E-state index is 10.5. The summed E-state index contributed by atoms with van der Waals surface area (Å²) < 4.78 is 0. The topological polar surface area (TPSA) is 73.1 Å². The number of hydrogen-bond acceptors (Lipinski definition) is 4. The van der Waals surface area contributed by atoms with E-state index in [1.807, 2.05) is 32.0 Å². The Bertz CT molecular complexity index is 483. The van der Waals surface area contributed by atoms with E-state index in [4.69, 9.17) is 5.11 Å². The van der Waals surface area contributed by atoms with Crippen LogP contribution >= 0.6 is 11.8 Å². The highest BCUT2D eigenvalue weighted by molar-refractivity contribution is 7.99. The molecular formula is C14H18N2O2S. The normalized spacial score (nSPS) is 11.6. The first-order valence-electron chi connectivity index (χ1n) is 6.22. The molecule has 1 aromatic rings. The lowest BCUT2D eigenvalue weighted by Crippen LogP contribution is -2.17. The van der Waals surface area contributed by atoms with Crippen molar-refractivity contribution in [2.24, 2.45) is 0 Å². The molecule has 2 N–H and O–H groups in total. The Morgan fingerprint density at radius 3 is 2.89 bits per heavy atom.